The highest BCUT2D eigenvalue weighted by Crippen LogP contribution is 2.78. The fourth-order valence-electron chi connectivity index (χ4n) is 6.42. The second-order valence-electron chi connectivity index (χ2n) is 11.1. The summed E-state index contributed by atoms with van der Waals surface area (Å²) in [5.74, 6) is 0.683. The van der Waals surface area contributed by atoms with Crippen molar-refractivity contribution in [2.24, 2.45) is 5.41 Å². The second-order valence-corrected chi connectivity index (χ2v) is 11.1. The zero-order valence-electron chi connectivity index (χ0n) is 19.5. The molecule has 35 heavy (non-hydrogen) atoms. The lowest BCUT2D eigenvalue weighted by Crippen LogP contribution is -2.70. The molecule has 4 saturated carbocycles. The minimum absolute atomic E-state index is 0.0322. The van der Waals surface area contributed by atoms with E-state index >= 15 is 0 Å². The van der Waals surface area contributed by atoms with Gasteiger partial charge in [-0.25, -0.2) is 15.0 Å². The van der Waals surface area contributed by atoms with Crippen LogP contribution in [-0.4, -0.2) is 45.4 Å². The van der Waals surface area contributed by atoms with Gasteiger partial charge in [0.2, 0.25) is 0 Å². The molecule has 0 N–H and O–H groups in total. The van der Waals surface area contributed by atoms with Gasteiger partial charge in [0.1, 0.15) is 13.7 Å². The Bertz CT molecular complexity index is 1330. The summed E-state index contributed by atoms with van der Waals surface area (Å²) in [6.07, 6.45) is 3.71. The molecule has 2 radical (unpaired) electrons. The average molecular weight is 479 g/mol. The fraction of sp³-hybridized carbons (Fsp3) is 0.600. The standard InChI is InChI=1S/C25H25BF3N5O/c1-13-18(26)7-17-20(23-10-24(11-23,12-23)25(27,28)29)32-21(33-22(17)31-13)14-4-5-35-19(6-14)15-8-30-34(9-15)16-2-3-16/h7-9,14,16,19H,2-6,10-12H2,1H3. The van der Waals surface area contributed by atoms with Crippen LogP contribution in [0.3, 0.4) is 0 Å². The molecule has 4 aliphatic carbocycles. The number of alkyl halides is 3. The Kier molecular flexibility index (Phi) is 4.39. The average Bonchev–Trinajstić information content (AvgIpc) is 3.48. The number of pyridine rings is 1. The number of aromatic nitrogens is 5. The van der Waals surface area contributed by atoms with Gasteiger partial charge < -0.3 is 4.74 Å². The van der Waals surface area contributed by atoms with Crippen LogP contribution < -0.4 is 5.46 Å². The molecule has 0 spiro atoms. The van der Waals surface area contributed by atoms with Crippen LogP contribution in [0, 0.1) is 12.3 Å². The molecule has 1 aliphatic heterocycles. The highest BCUT2D eigenvalue weighted by molar-refractivity contribution is 6.33. The Morgan fingerprint density at radius 3 is 2.60 bits per heavy atom. The second kappa shape index (κ2) is 7.05. The molecule has 180 valence electrons. The van der Waals surface area contributed by atoms with Gasteiger partial charge in [0.25, 0.3) is 0 Å². The molecule has 1 saturated heterocycles. The molecule has 2 unspecified atom stereocenters. The molecule has 0 amide bonds. The monoisotopic (exact) mass is 479 g/mol. The summed E-state index contributed by atoms with van der Waals surface area (Å²) in [7, 11) is 6.13. The van der Waals surface area contributed by atoms with Crippen molar-refractivity contribution in [2.75, 3.05) is 6.61 Å². The maximum Gasteiger partial charge on any atom is 0.394 e. The van der Waals surface area contributed by atoms with Crippen LogP contribution in [0.5, 0.6) is 0 Å². The summed E-state index contributed by atoms with van der Waals surface area (Å²) < 4.78 is 48.8. The first kappa shape index (κ1) is 21.8. The van der Waals surface area contributed by atoms with Gasteiger partial charge in [-0.05, 0) is 51.9 Å². The lowest BCUT2D eigenvalue weighted by atomic mass is 9.33. The van der Waals surface area contributed by atoms with Gasteiger partial charge in [-0.2, -0.15) is 18.3 Å². The molecule has 3 aromatic heterocycles. The molecule has 6 nitrogen and oxygen atoms in total. The third kappa shape index (κ3) is 3.21. The summed E-state index contributed by atoms with van der Waals surface area (Å²) in [5, 5.41) is 5.18. The van der Waals surface area contributed by atoms with E-state index in [9.17, 15) is 13.2 Å². The zero-order chi connectivity index (χ0) is 24.2. The van der Waals surface area contributed by atoms with E-state index in [-0.39, 0.29) is 31.3 Å². The number of hydrogen-bond acceptors (Lipinski definition) is 5. The number of ether oxygens (including phenoxy) is 1. The van der Waals surface area contributed by atoms with Crippen molar-refractivity contribution < 1.29 is 17.9 Å². The predicted octanol–water partition coefficient (Wildman–Crippen LogP) is 4.28. The van der Waals surface area contributed by atoms with Crippen LogP contribution in [-0.2, 0) is 10.2 Å². The van der Waals surface area contributed by atoms with E-state index in [4.69, 9.17) is 22.6 Å². The smallest absolute Gasteiger partial charge is 0.373 e. The number of aryl methyl sites for hydroxylation is 1. The van der Waals surface area contributed by atoms with Crippen LogP contribution in [0.25, 0.3) is 11.0 Å². The zero-order valence-corrected chi connectivity index (χ0v) is 19.5. The van der Waals surface area contributed by atoms with Crippen molar-refractivity contribution in [1.82, 2.24) is 24.7 Å². The maximum absolute atomic E-state index is 13.6. The first-order valence-electron chi connectivity index (χ1n) is 12.3. The topological polar surface area (TPSA) is 65.7 Å². The fourth-order valence-corrected chi connectivity index (χ4v) is 6.42. The van der Waals surface area contributed by atoms with Gasteiger partial charge in [-0.3, -0.25) is 4.68 Å². The molecular formula is C25H25BF3N5O. The maximum atomic E-state index is 13.6. The van der Waals surface area contributed by atoms with Gasteiger partial charge in [0.05, 0.1) is 29.5 Å². The molecule has 5 aliphatic rings. The highest BCUT2D eigenvalue weighted by atomic mass is 19.4. The first-order valence-corrected chi connectivity index (χ1v) is 12.3. The van der Waals surface area contributed by atoms with E-state index in [0.29, 0.717) is 52.8 Å². The van der Waals surface area contributed by atoms with Crippen molar-refractivity contribution in [1.29, 1.82) is 0 Å². The number of hydrogen-bond donors (Lipinski definition) is 0. The van der Waals surface area contributed by atoms with E-state index in [1.54, 1.807) is 6.07 Å². The van der Waals surface area contributed by atoms with Gasteiger partial charge in [0, 0.05) is 40.8 Å². The molecule has 4 heterocycles. The Balaban J connectivity index is 1.24. The minimum Gasteiger partial charge on any atom is -0.373 e. The van der Waals surface area contributed by atoms with Crippen molar-refractivity contribution in [2.45, 2.75) is 81.5 Å². The normalized spacial score (nSPS) is 32.3. The summed E-state index contributed by atoms with van der Waals surface area (Å²) in [6, 6.07) is 2.29. The minimum atomic E-state index is -4.17. The van der Waals surface area contributed by atoms with Gasteiger partial charge >= 0.3 is 6.18 Å². The highest BCUT2D eigenvalue weighted by Gasteiger charge is 2.79. The lowest BCUT2D eigenvalue weighted by molar-refractivity contribution is -0.337. The van der Waals surface area contributed by atoms with Crippen LogP contribution >= 0.6 is 0 Å². The van der Waals surface area contributed by atoms with Gasteiger partial charge in [-0.1, -0.05) is 11.5 Å². The van der Waals surface area contributed by atoms with Crippen LogP contribution in [0.2, 0.25) is 0 Å². The third-order valence-electron chi connectivity index (χ3n) is 8.63. The molecule has 5 fully saturated rings. The summed E-state index contributed by atoms with van der Waals surface area (Å²) in [6.45, 7) is 2.38. The van der Waals surface area contributed by atoms with E-state index in [1.807, 2.05) is 17.8 Å². The van der Waals surface area contributed by atoms with Gasteiger partial charge in [-0.15, -0.1) is 0 Å². The number of rotatable bonds is 4. The lowest BCUT2D eigenvalue weighted by Gasteiger charge is -2.70. The third-order valence-corrected chi connectivity index (χ3v) is 8.63. The van der Waals surface area contributed by atoms with Crippen LogP contribution in [0.1, 0.15) is 85.8 Å². The largest absolute Gasteiger partial charge is 0.394 e. The van der Waals surface area contributed by atoms with Crippen molar-refractivity contribution in [3.8, 4) is 0 Å². The number of nitrogens with zero attached hydrogens (tertiary/aromatic N) is 5. The molecule has 0 aromatic carbocycles. The van der Waals surface area contributed by atoms with E-state index in [0.717, 1.165) is 24.8 Å². The van der Waals surface area contributed by atoms with Crippen LogP contribution in [0.15, 0.2) is 18.5 Å². The molecule has 8 rings (SSSR count). The Morgan fingerprint density at radius 1 is 1.11 bits per heavy atom. The number of halogens is 3. The SMILES string of the molecule is [B]c1cc2c(C34CC(C(F)(F)F)(C3)C4)nc(C3CCOC(c4cnn(C5CC5)c4)C3)nc2nc1C. The van der Waals surface area contributed by atoms with E-state index < -0.39 is 17.0 Å². The first-order chi connectivity index (χ1) is 16.7. The summed E-state index contributed by atoms with van der Waals surface area (Å²) in [5.41, 5.74) is 1.31. The molecular weight excluding hydrogens is 454 g/mol. The van der Waals surface area contributed by atoms with E-state index in [2.05, 4.69) is 16.3 Å². The summed E-state index contributed by atoms with van der Waals surface area (Å²) >= 11 is 0. The Labute approximate surface area is 202 Å². The molecule has 2 atom stereocenters. The number of fused-ring (bicyclic) bond motifs is 1. The Hall–Kier alpha value is -2.49. The molecule has 10 heteroatoms. The van der Waals surface area contributed by atoms with Crippen molar-refractivity contribution >= 4 is 24.3 Å². The quantitative estimate of drug-likeness (QED) is 0.523. The Morgan fingerprint density at radius 2 is 1.89 bits per heavy atom. The van der Waals surface area contributed by atoms with Crippen molar-refractivity contribution in [3.63, 3.8) is 0 Å². The molecule has 2 bridgehead atoms. The van der Waals surface area contributed by atoms with Crippen LogP contribution in [0.4, 0.5) is 13.2 Å². The van der Waals surface area contributed by atoms with Crippen molar-refractivity contribution in [3.05, 3.63) is 41.2 Å². The molecule has 3 aromatic rings. The van der Waals surface area contributed by atoms with E-state index in [1.165, 1.54) is 0 Å². The predicted molar refractivity (Wildman–Crippen MR) is 123 cm³/mol. The van der Waals surface area contributed by atoms with Gasteiger partial charge in [0.15, 0.2) is 5.65 Å². The summed E-state index contributed by atoms with van der Waals surface area (Å²) in [4.78, 5) is 14.4.